The number of amides is 2. The van der Waals surface area contributed by atoms with Crippen LogP contribution in [0.25, 0.3) is 0 Å². The monoisotopic (exact) mass is 416 g/mol. The average Bonchev–Trinajstić information content (AvgIpc) is 2.54. The molecule has 0 spiro atoms. The summed E-state index contributed by atoms with van der Waals surface area (Å²) in [4.78, 5) is 23.5. The molecule has 0 aliphatic rings. The fraction of sp³-hybridized carbons (Fsp3) is 0.176. The molecule has 2 amide bonds. The number of carboxylic acids is 1. The highest BCUT2D eigenvalue weighted by Crippen LogP contribution is 2.33. The second-order valence-electron chi connectivity index (χ2n) is 5.75. The quantitative estimate of drug-likeness (QED) is 0.558. The summed E-state index contributed by atoms with van der Waals surface area (Å²) in [5.74, 6) is -0.926. The summed E-state index contributed by atoms with van der Waals surface area (Å²) in [5, 5.41) is 14.9. The molecule has 0 radical (unpaired) electrons. The standard InChI is InChI=1S/C17H15Cl3N2O4/c1-17(2,15(23)24)26-13-6-4-3-5-12(13)22-16(25)21-9-7-10(18)14(20)11(19)8-9/h3-8H,1-2H3,(H,23,24)(H2,21,22,25). The fourth-order valence-corrected chi connectivity index (χ4v) is 2.49. The number of carbonyl (C=O) groups is 2. The molecule has 0 heterocycles. The van der Waals surface area contributed by atoms with E-state index in [0.29, 0.717) is 11.4 Å². The zero-order valence-corrected chi connectivity index (χ0v) is 16.0. The maximum absolute atomic E-state index is 12.2. The molecule has 0 aromatic heterocycles. The first-order valence-electron chi connectivity index (χ1n) is 7.34. The molecular formula is C17H15Cl3N2O4. The summed E-state index contributed by atoms with van der Waals surface area (Å²) < 4.78 is 5.50. The lowest BCUT2D eigenvalue weighted by molar-refractivity contribution is -0.152. The van der Waals surface area contributed by atoms with Gasteiger partial charge in [-0.15, -0.1) is 0 Å². The Hall–Kier alpha value is -2.15. The van der Waals surface area contributed by atoms with E-state index >= 15 is 0 Å². The number of para-hydroxylation sites is 2. The summed E-state index contributed by atoms with van der Waals surface area (Å²) in [7, 11) is 0. The second-order valence-corrected chi connectivity index (χ2v) is 6.94. The molecule has 9 heteroatoms. The molecule has 0 bridgehead atoms. The van der Waals surface area contributed by atoms with E-state index < -0.39 is 17.6 Å². The van der Waals surface area contributed by atoms with Crippen LogP contribution in [0.5, 0.6) is 5.75 Å². The molecule has 2 aromatic carbocycles. The highest BCUT2D eigenvalue weighted by molar-refractivity contribution is 6.48. The Labute approximate surface area is 165 Å². The number of hydrogen-bond acceptors (Lipinski definition) is 3. The van der Waals surface area contributed by atoms with Crippen LogP contribution in [0.4, 0.5) is 16.2 Å². The number of carboxylic acid groups (broad SMARTS) is 1. The van der Waals surface area contributed by atoms with Crippen LogP contribution in [0, 0.1) is 0 Å². The van der Waals surface area contributed by atoms with E-state index in [1.807, 2.05) is 0 Å². The van der Waals surface area contributed by atoms with Crippen molar-refractivity contribution >= 4 is 58.2 Å². The topological polar surface area (TPSA) is 87.7 Å². The molecule has 0 unspecified atom stereocenters. The second kappa shape index (κ2) is 8.03. The van der Waals surface area contributed by atoms with Crippen molar-refractivity contribution in [1.29, 1.82) is 0 Å². The molecule has 138 valence electrons. The molecule has 0 aliphatic carbocycles. The van der Waals surface area contributed by atoms with Crippen LogP contribution in [0.3, 0.4) is 0 Å². The van der Waals surface area contributed by atoms with Crippen LogP contribution in [-0.4, -0.2) is 22.7 Å². The number of carbonyl (C=O) groups excluding carboxylic acids is 1. The lowest BCUT2D eigenvalue weighted by atomic mass is 10.1. The Bertz CT molecular complexity index is 833. The largest absolute Gasteiger partial charge is 0.478 e. The lowest BCUT2D eigenvalue weighted by Gasteiger charge is -2.23. The number of aliphatic carboxylic acids is 1. The van der Waals surface area contributed by atoms with E-state index in [0.717, 1.165) is 0 Å². The van der Waals surface area contributed by atoms with Gasteiger partial charge in [0.25, 0.3) is 0 Å². The van der Waals surface area contributed by atoms with Crippen LogP contribution in [0.15, 0.2) is 36.4 Å². The van der Waals surface area contributed by atoms with Gasteiger partial charge in [-0.3, -0.25) is 0 Å². The minimum Gasteiger partial charge on any atom is -0.478 e. The van der Waals surface area contributed by atoms with Crippen LogP contribution in [-0.2, 0) is 4.79 Å². The predicted octanol–water partition coefficient (Wildman–Crippen LogP) is 5.53. The molecular weight excluding hydrogens is 403 g/mol. The van der Waals surface area contributed by atoms with E-state index in [1.54, 1.807) is 24.3 Å². The molecule has 3 N–H and O–H groups in total. The maximum atomic E-state index is 12.2. The summed E-state index contributed by atoms with van der Waals surface area (Å²) in [5.41, 5.74) is -0.831. The SMILES string of the molecule is CC(C)(Oc1ccccc1NC(=O)Nc1cc(Cl)c(Cl)c(Cl)c1)C(=O)O. The highest BCUT2D eigenvalue weighted by Gasteiger charge is 2.30. The van der Waals surface area contributed by atoms with Crippen molar-refractivity contribution in [3.05, 3.63) is 51.5 Å². The van der Waals surface area contributed by atoms with Crippen LogP contribution in [0.2, 0.25) is 15.1 Å². The van der Waals surface area contributed by atoms with Gasteiger partial charge >= 0.3 is 12.0 Å². The molecule has 2 rings (SSSR count). The van der Waals surface area contributed by atoms with Gasteiger partial charge in [0.2, 0.25) is 0 Å². The molecule has 2 aromatic rings. The molecule has 6 nitrogen and oxygen atoms in total. The number of anilines is 2. The zero-order chi connectivity index (χ0) is 19.5. The third-order valence-electron chi connectivity index (χ3n) is 3.26. The maximum Gasteiger partial charge on any atom is 0.347 e. The lowest BCUT2D eigenvalue weighted by Crippen LogP contribution is -2.38. The molecule has 0 saturated carbocycles. The van der Waals surface area contributed by atoms with Gasteiger partial charge in [0.15, 0.2) is 5.60 Å². The number of rotatable bonds is 5. The number of nitrogens with one attached hydrogen (secondary N) is 2. The first-order chi connectivity index (χ1) is 12.1. The van der Waals surface area contributed by atoms with E-state index in [-0.39, 0.29) is 20.8 Å². The van der Waals surface area contributed by atoms with Crippen molar-refractivity contribution in [2.75, 3.05) is 10.6 Å². The number of hydrogen-bond donors (Lipinski definition) is 3. The van der Waals surface area contributed by atoms with Crippen molar-refractivity contribution in [2.45, 2.75) is 19.4 Å². The van der Waals surface area contributed by atoms with Gasteiger partial charge < -0.3 is 20.5 Å². The van der Waals surface area contributed by atoms with Gasteiger partial charge in [-0.25, -0.2) is 9.59 Å². The van der Waals surface area contributed by atoms with Gasteiger partial charge in [-0.1, -0.05) is 46.9 Å². The van der Waals surface area contributed by atoms with Gasteiger partial charge in [-0.2, -0.15) is 0 Å². The van der Waals surface area contributed by atoms with E-state index in [2.05, 4.69) is 10.6 Å². The number of urea groups is 1. The summed E-state index contributed by atoms with van der Waals surface area (Å²) in [6.07, 6.45) is 0. The Balaban J connectivity index is 2.16. The van der Waals surface area contributed by atoms with Crippen LogP contribution in [0.1, 0.15) is 13.8 Å². The molecule has 0 saturated heterocycles. The van der Waals surface area contributed by atoms with Crippen LogP contribution < -0.4 is 15.4 Å². The van der Waals surface area contributed by atoms with Gasteiger partial charge in [0, 0.05) is 5.69 Å². The number of ether oxygens (including phenoxy) is 1. The van der Waals surface area contributed by atoms with Gasteiger partial charge in [0.1, 0.15) is 5.75 Å². The fourth-order valence-electron chi connectivity index (χ4n) is 1.89. The van der Waals surface area contributed by atoms with E-state index in [4.69, 9.17) is 39.5 Å². The normalized spacial score (nSPS) is 11.0. The third-order valence-corrected chi connectivity index (χ3v) is 4.45. The van der Waals surface area contributed by atoms with Crippen molar-refractivity contribution in [3.8, 4) is 5.75 Å². The molecule has 0 fully saturated rings. The zero-order valence-electron chi connectivity index (χ0n) is 13.8. The predicted molar refractivity (Wildman–Crippen MR) is 103 cm³/mol. The highest BCUT2D eigenvalue weighted by atomic mass is 35.5. The number of benzene rings is 2. The first-order valence-corrected chi connectivity index (χ1v) is 8.47. The van der Waals surface area contributed by atoms with Crippen molar-refractivity contribution < 1.29 is 19.4 Å². The molecule has 26 heavy (non-hydrogen) atoms. The molecule has 0 aliphatic heterocycles. The van der Waals surface area contributed by atoms with Crippen LogP contribution >= 0.6 is 34.8 Å². The van der Waals surface area contributed by atoms with E-state index in [1.165, 1.54) is 26.0 Å². The third kappa shape index (κ3) is 4.94. The Morgan fingerprint density at radius 3 is 2.19 bits per heavy atom. The van der Waals surface area contributed by atoms with Gasteiger partial charge in [-0.05, 0) is 38.1 Å². The van der Waals surface area contributed by atoms with Crippen molar-refractivity contribution in [3.63, 3.8) is 0 Å². The van der Waals surface area contributed by atoms with Crippen molar-refractivity contribution in [2.24, 2.45) is 0 Å². The Morgan fingerprint density at radius 2 is 1.62 bits per heavy atom. The minimum absolute atomic E-state index is 0.189. The summed E-state index contributed by atoms with van der Waals surface area (Å²) in [6, 6.07) is 8.77. The first kappa shape index (κ1) is 20.2. The average molecular weight is 418 g/mol. The van der Waals surface area contributed by atoms with E-state index in [9.17, 15) is 14.7 Å². The smallest absolute Gasteiger partial charge is 0.347 e. The Morgan fingerprint density at radius 1 is 1.04 bits per heavy atom. The molecule has 0 atom stereocenters. The summed E-state index contributed by atoms with van der Waals surface area (Å²) in [6.45, 7) is 2.81. The Kier molecular flexibility index (Phi) is 6.23. The minimum atomic E-state index is -1.47. The van der Waals surface area contributed by atoms with Gasteiger partial charge in [0.05, 0.1) is 20.8 Å². The number of halogens is 3. The summed E-state index contributed by atoms with van der Waals surface area (Å²) >= 11 is 17.7. The van der Waals surface area contributed by atoms with Crippen molar-refractivity contribution in [1.82, 2.24) is 0 Å².